The number of hydrogen-bond donors (Lipinski definition) is 1. The third-order valence-corrected chi connectivity index (χ3v) is 2.88. The van der Waals surface area contributed by atoms with Gasteiger partial charge in [-0.3, -0.25) is 4.79 Å². The summed E-state index contributed by atoms with van der Waals surface area (Å²) in [4.78, 5) is 14.0. The Balaban J connectivity index is 2.93. The summed E-state index contributed by atoms with van der Waals surface area (Å²) in [5.74, 6) is 0.356. The first-order valence-corrected chi connectivity index (χ1v) is 6.25. The molecule has 0 spiro atoms. The molecule has 0 atom stereocenters. The molecule has 0 saturated carbocycles. The van der Waals surface area contributed by atoms with Crippen LogP contribution in [0.5, 0.6) is 5.75 Å². The molecule has 1 N–H and O–H groups in total. The predicted molar refractivity (Wildman–Crippen MR) is 71.3 cm³/mol. The highest BCUT2D eigenvalue weighted by atomic mass is 35.5. The van der Waals surface area contributed by atoms with Crippen molar-refractivity contribution in [3.05, 3.63) is 28.8 Å². The molecule has 0 saturated heterocycles. The van der Waals surface area contributed by atoms with Crippen LogP contribution in [-0.4, -0.2) is 42.7 Å². The number of carbonyl (C=O) groups is 1. The normalized spacial score (nSPS) is 10.2. The average molecular weight is 272 g/mol. The first kappa shape index (κ1) is 14.8. The Morgan fingerprint density at radius 2 is 2.22 bits per heavy atom. The molecule has 1 aromatic rings. The molecule has 0 aliphatic carbocycles. The van der Waals surface area contributed by atoms with Gasteiger partial charge in [-0.15, -0.1) is 0 Å². The third kappa shape index (κ3) is 3.62. The maximum Gasteiger partial charge on any atom is 0.257 e. The fourth-order valence-electron chi connectivity index (χ4n) is 1.68. The van der Waals surface area contributed by atoms with Gasteiger partial charge in [0.15, 0.2) is 0 Å². The molecule has 100 valence electrons. The maximum atomic E-state index is 12.3. The van der Waals surface area contributed by atoms with Crippen LogP contribution in [0.2, 0.25) is 5.02 Å². The first-order valence-electron chi connectivity index (χ1n) is 5.87. The quantitative estimate of drug-likeness (QED) is 0.863. The van der Waals surface area contributed by atoms with Crippen molar-refractivity contribution in [2.24, 2.45) is 0 Å². The zero-order valence-electron chi connectivity index (χ0n) is 10.6. The van der Waals surface area contributed by atoms with Crippen LogP contribution < -0.4 is 4.74 Å². The van der Waals surface area contributed by atoms with Gasteiger partial charge in [-0.25, -0.2) is 0 Å². The lowest BCUT2D eigenvalue weighted by Gasteiger charge is -2.21. The smallest absolute Gasteiger partial charge is 0.257 e. The van der Waals surface area contributed by atoms with Crippen LogP contribution in [0.3, 0.4) is 0 Å². The van der Waals surface area contributed by atoms with E-state index in [9.17, 15) is 4.79 Å². The van der Waals surface area contributed by atoms with Crippen LogP contribution in [0.4, 0.5) is 0 Å². The molecule has 0 radical (unpaired) electrons. The molecule has 18 heavy (non-hydrogen) atoms. The molecular weight excluding hydrogens is 254 g/mol. The molecule has 0 aliphatic rings. The van der Waals surface area contributed by atoms with Gasteiger partial charge in [0.2, 0.25) is 0 Å². The van der Waals surface area contributed by atoms with E-state index in [4.69, 9.17) is 21.4 Å². The van der Waals surface area contributed by atoms with Crippen molar-refractivity contribution in [1.82, 2.24) is 4.90 Å². The number of methoxy groups -OCH3 is 1. The molecule has 5 heteroatoms. The topological polar surface area (TPSA) is 49.8 Å². The van der Waals surface area contributed by atoms with Gasteiger partial charge in [0, 0.05) is 24.7 Å². The molecule has 0 fully saturated rings. The fraction of sp³-hybridized carbons (Fsp3) is 0.462. The van der Waals surface area contributed by atoms with E-state index in [-0.39, 0.29) is 12.5 Å². The van der Waals surface area contributed by atoms with Gasteiger partial charge in [0.05, 0.1) is 12.7 Å². The van der Waals surface area contributed by atoms with E-state index in [1.807, 2.05) is 6.92 Å². The number of nitrogens with zero attached hydrogens (tertiary/aromatic N) is 1. The molecule has 0 bridgehead atoms. The number of rotatable bonds is 6. The van der Waals surface area contributed by atoms with Gasteiger partial charge in [0.25, 0.3) is 5.91 Å². The summed E-state index contributed by atoms with van der Waals surface area (Å²) in [7, 11) is 1.51. The van der Waals surface area contributed by atoms with Gasteiger partial charge in [-0.1, -0.05) is 11.6 Å². The molecule has 0 aliphatic heterocycles. The molecular formula is C13H18ClNO3. The van der Waals surface area contributed by atoms with E-state index in [0.717, 1.165) is 0 Å². The van der Waals surface area contributed by atoms with E-state index >= 15 is 0 Å². The maximum absolute atomic E-state index is 12.3. The summed E-state index contributed by atoms with van der Waals surface area (Å²) in [6, 6.07) is 4.94. The van der Waals surface area contributed by atoms with E-state index < -0.39 is 0 Å². The number of aliphatic hydroxyl groups excluding tert-OH is 1. The van der Waals surface area contributed by atoms with E-state index in [0.29, 0.717) is 35.8 Å². The summed E-state index contributed by atoms with van der Waals surface area (Å²) in [6.45, 7) is 3.08. The fourth-order valence-corrected chi connectivity index (χ4v) is 1.84. The molecule has 0 aromatic heterocycles. The highest BCUT2D eigenvalue weighted by Crippen LogP contribution is 2.24. The second-order valence-corrected chi connectivity index (χ2v) is 4.24. The zero-order chi connectivity index (χ0) is 13.5. The minimum Gasteiger partial charge on any atom is -0.496 e. The van der Waals surface area contributed by atoms with Gasteiger partial charge < -0.3 is 14.7 Å². The second kappa shape index (κ2) is 7.24. The Bertz CT molecular complexity index is 409. The molecule has 1 aromatic carbocycles. The monoisotopic (exact) mass is 271 g/mol. The standard InChI is InChI=1S/C13H18ClNO3/c1-3-15(7-4-8-16)13(17)11-6-5-10(14)9-12(11)18-2/h5-6,9,16H,3-4,7-8H2,1-2H3. The van der Waals surface area contributed by atoms with Crippen molar-refractivity contribution in [2.45, 2.75) is 13.3 Å². The molecule has 1 rings (SSSR count). The Morgan fingerprint density at radius 1 is 1.50 bits per heavy atom. The molecule has 0 heterocycles. The Kier molecular flexibility index (Phi) is 5.95. The predicted octanol–water partition coefficient (Wildman–Crippen LogP) is 2.19. The summed E-state index contributed by atoms with van der Waals surface area (Å²) in [5.41, 5.74) is 0.488. The minimum atomic E-state index is -0.112. The Hall–Kier alpha value is -1.26. The summed E-state index contributed by atoms with van der Waals surface area (Å²) < 4.78 is 5.17. The van der Waals surface area contributed by atoms with Gasteiger partial charge in [-0.05, 0) is 31.5 Å². The van der Waals surface area contributed by atoms with Crippen LogP contribution in [0, 0.1) is 0 Å². The largest absolute Gasteiger partial charge is 0.496 e. The summed E-state index contributed by atoms with van der Waals surface area (Å²) in [5, 5.41) is 9.35. The zero-order valence-corrected chi connectivity index (χ0v) is 11.4. The van der Waals surface area contributed by atoms with E-state index in [1.54, 1.807) is 23.1 Å². The lowest BCUT2D eigenvalue weighted by Crippen LogP contribution is -2.32. The number of benzene rings is 1. The van der Waals surface area contributed by atoms with Crippen molar-refractivity contribution in [2.75, 3.05) is 26.8 Å². The molecule has 0 unspecified atom stereocenters. The van der Waals surface area contributed by atoms with Gasteiger partial charge in [0.1, 0.15) is 5.75 Å². The van der Waals surface area contributed by atoms with E-state index in [1.165, 1.54) is 7.11 Å². The number of halogens is 1. The summed E-state index contributed by atoms with van der Waals surface area (Å²) in [6.07, 6.45) is 0.565. The highest BCUT2D eigenvalue weighted by Gasteiger charge is 2.18. The minimum absolute atomic E-state index is 0.0710. The van der Waals surface area contributed by atoms with Crippen molar-refractivity contribution in [3.63, 3.8) is 0 Å². The Morgan fingerprint density at radius 3 is 2.78 bits per heavy atom. The lowest BCUT2D eigenvalue weighted by atomic mass is 10.1. The second-order valence-electron chi connectivity index (χ2n) is 3.81. The van der Waals surface area contributed by atoms with E-state index in [2.05, 4.69) is 0 Å². The Labute approximate surface area is 112 Å². The van der Waals surface area contributed by atoms with Crippen LogP contribution in [-0.2, 0) is 0 Å². The number of ether oxygens (including phenoxy) is 1. The molecule has 1 amide bonds. The van der Waals surface area contributed by atoms with Gasteiger partial charge >= 0.3 is 0 Å². The number of carbonyl (C=O) groups excluding carboxylic acids is 1. The van der Waals surface area contributed by atoms with Crippen LogP contribution in [0.1, 0.15) is 23.7 Å². The van der Waals surface area contributed by atoms with Crippen LogP contribution in [0.15, 0.2) is 18.2 Å². The number of hydrogen-bond acceptors (Lipinski definition) is 3. The highest BCUT2D eigenvalue weighted by molar-refractivity contribution is 6.30. The first-order chi connectivity index (χ1) is 8.63. The third-order valence-electron chi connectivity index (χ3n) is 2.65. The van der Waals surface area contributed by atoms with Gasteiger partial charge in [-0.2, -0.15) is 0 Å². The van der Waals surface area contributed by atoms with Crippen molar-refractivity contribution < 1.29 is 14.6 Å². The average Bonchev–Trinajstić information content (AvgIpc) is 2.39. The SMILES string of the molecule is CCN(CCCO)C(=O)c1ccc(Cl)cc1OC. The van der Waals surface area contributed by atoms with Crippen LogP contribution >= 0.6 is 11.6 Å². The van der Waals surface area contributed by atoms with Crippen LogP contribution in [0.25, 0.3) is 0 Å². The number of aliphatic hydroxyl groups is 1. The van der Waals surface area contributed by atoms with Crippen molar-refractivity contribution >= 4 is 17.5 Å². The van der Waals surface area contributed by atoms with Crippen molar-refractivity contribution in [1.29, 1.82) is 0 Å². The van der Waals surface area contributed by atoms with Crippen molar-refractivity contribution in [3.8, 4) is 5.75 Å². The lowest BCUT2D eigenvalue weighted by molar-refractivity contribution is 0.0751. The molecule has 4 nitrogen and oxygen atoms in total. The number of amides is 1. The summed E-state index contributed by atoms with van der Waals surface area (Å²) >= 11 is 5.86.